The highest BCUT2D eigenvalue weighted by molar-refractivity contribution is 9.10. The van der Waals surface area contributed by atoms with Gasteiger partial charge in [0.15, 0.2) is 0 Å². The zero-order chi connectivity index (χ0) is 13.7. The number of nitrogens with zero attached hydrogens (tertiary/aromatic N) is 3. The van der Waals surface area contributed by atoms with Crippen LogP contribution in [0.15, 0.2) is 29.1 Å². The number of rotatable bonds is 2. The zero-order valence-electron chi connectivity index (χ0n) is 10.9. The van der Waals surface area contributed by atoms with Gasteiger partial charge in [-0.15, -0.1) is 0 Å². The summed E-state index contributed by atoms with van der Waals surface area (Å²) in [7, 11) is 0. The standard InChI is InChI=1S/C14H15BrN4O/c15-12-8-19-4-2-9(5-13(19)17-12)14(20)16-11-7-18-3-1-10(11)6-18/h2,4-5,8,10-11H,1,3,6-7H2,(H,16,20). The van der Waals surface area contributed by atoms with Crippen LogP contribution in [0.2, 0.25) is 0 Å². The summed E-state index contributed by atoms with van der Waals surface area (Å²) in [6.45, 7) is 3.32. The molecule has 1 amide bonds. The molecule has 0 aliphatic carbocycles. The molecule has 0 aromatic carbocycles. The number of hydrogen-bond donors (Lipinski definition) is 1. The Labute approximate surface area is 125 Å². The van der Waals surface area contributed by atoms with Gasteiger partial charge < -0.3 is 14.6 Å². The molecule has 2 saturated heterocycles. The van der Waals surface area contributed by atoms with Gasteiger partial charge in [-0.25, -0.2) is 4.98 Å². The zero-order valence-corrected chi connectivity index (χ0v) is 12.5. The molecule has 6 heteroatoms. The van der Waals surface area contributed by atoms with E-state index in [1.807, 2.05) is 28.9 Å². The van der Waals surface area contributed by atoms with Crippen molar-refractivity contribution >= 4 is 27.5 Å². The van der Waals surface area contributed by atoms with Crippen molar-refractivity contribution in [2.24, 2.45) is 5.92 Å². The number of amides is 1. The third kappa shape index (κ3) is 2.03. The van der Waals surface area contributed by atoms with Crippen molar-refractivity contribution in [1.29, 1.82) is 0 Å². The van der Waals surface area contributed by atoms with Crippen LogP contribution in [0.1, 0.15) is 16.8 Å². The molecular formula is C14H15BrN4O. The summed E-state index contributed by atoms with van der Waals surface area (Å²) in [5.41, 5.74) is 1.45. The highest BCUT2D eigenvalue weighted by Crippen LogP contribution is 2.27. The molecule has 104 valence electrons. The quantitative estimate of drug-likeness (QED) is 0.906. The summed E-state index contributed by atoms with van der Waals surface area (Å²) < 4.78 is 2.67. The maximum Gasteiger partial charge on any atom is 0.251 e. The first-order valence-corrected chi connectivity index (χ1v) is 7.66. The van der Waals surface area contributed by atoms with Gasteiger partial charge in [-0.3, -0.25) is 4.79 Å². The number of hydrogen-bond acceptors (Lipinski definition) is 3. The molecule has 2 aliphatic heterocycles. The molecule has 5 nitrogen and oxygen atoms in total. The van der Waals surface area contributed by atoms with Crippen LogP contribution in [0.5, 0.6) is 0 Å². The minimum absolute atomic E-state index is 0.00497. The number of nitrogens with one attached hydrogen (secondary N) is 1. The summed E-state index contributed by atoms with van der Waals surface area (Å²) in [5.74, 6) is 0.633. The van der Waals surface area contributed by atoms with Crippen LogP contribution in [0.3, 0.4) is 0 Å². The van der Waals surface area contributed by atoms with Gasteiger partial charge in [0.25, 0.3) is 5.91 Å². The average Bonchev–Trinajstić information content (AvgIpc) is 3.10. The Kier molecular flexibility index (Phi) is 2.82. The van der Waals surface area contributed by atoms with Crippen molar-refractivity contribution in [3.8, 4) is 0 Å². The van der Waals surface area contributed by atoms with Gasteiger partial charge in [0, 0.05) is 37.1 Å². The summed E-state index contributed by atoms with van der Waals surface area (Å²) in [5, 5.41) is 3.17. The second-order valence-electron chi connectivity index (χ2n) is 5.63. The largest absolute Gasteiger partial charge is 0.348 e. The fraction of sp³-hybridized carbons (Fsp3) is 0.429. The van der Waals surface area contributed by atoms with Gasteiger partial charge >= 0.3 is 0 Å². The molecule has 0 spiro atoms. The Balaban J connectivity index is 1.54. The molecule has 2 aliphatic rings. The van der Waals surface area contributed by atoms with Gasteiger partial charge in [0.1, 0.15) is 10.3 Å². The minimum atomic E-state index is 0.00497. The predicted octanol–water partition coefficient (Wildman–Crippen LogP) is 1.53. The molecule has 4 rings (SSSR count). The topological polar surface area (TPSA) is 49.6 Å². The second kappa shape index (κ2) is 4.56. The van der Waals surface area contributed by atoms with Crippen molar-refractivity contribution < 1.29 is 4.79 Å². The average molecular weight is 335 g/mol. The van der Waals surface area contributed by atoms with E-state index in [1.54, 1.807) is 0 Å². The van der Waals surface area contributed by atoms with Crippen molar-refractivity contribution in [3.05, 3.63) is 34.7 Å². The number of aromatic nitrogens is 2. The van der Waals surface area contributed by atoms with Crippen molar-refractivity contribution in [2.45, 2.75) is 12.5 Å². The SMILES string of the molecule is O=C(NC1CN2CCC1C2)c1ccn2cc(Br)nc2c1. The monoisotopic (exact) mass is 334 g/mol. The molecule has 2 aromatic heterocycles. The Morgan fingerprint density at radius 1 is 1.45 bits per heavy atom. The van der Waals surface area contributed by atoms with Crippen LogP contribution in [-0.4, -0.2) is 45.9 Å². The number of carbonyl (C=O) groups is 1. The first-order valence-electron chi connectivity index (χ1n) is 6.86. The summed E-state index contributed by atoms with van der Waals surface area (Å²) in [4.78, 5) is 19.1. The van der Waals surface area contributed by atoms with E-state index in [0.717, 1.165) is 23.3 Å². The normalized spacial score (nSPS) is 28.1. The van der Waals surface area contributed by atoms with E-state index < -0.39 is 0 Å². The molecule has 3 unspecified atom stereocenters. The van der Waals surface area contributed by atoms with E-state index in [2.05, 4.69) is 31.1 Å². The lowest BCUT2D eigenvalue weighted by Gasteiger charge is -2.23. The fourth-order valence-corrected chi connectivity index (χ4v) is 3.69. The summed E-state index contributed by atoms with van der Waals surface area (Å²) in [6, 6.07) is 3.97. The Morgan fingerprint density at radius 3 is 3.10 bits per heavy atom. The molecule has 0 radical (unpaired) electrons. The number of fused-ring (bicyclic) bond motifs is 3. The van der Waals surface area contributed by atoms with Crippen LogP contribution in [0.25, 0.3) is 5.65 Å². The van der Waals surface area contributed by atoms with Gasteiger partial charge in [0.05, 0.1) is 0 Å². The third-order valence-electron chi connectivity index (χ3n) is 4.34. The Hall–Kier alpha value is -1.40. The lowest BCUT2D eigenvalue weighted by molar-refractivity contribution is 0.0924. The summed E-state index contributed by atoms with van der Waals surface area (Å²) >= 11 is 3.34. The van der Waals surface area contributed by atoms with Crippen LogP contribution in [-0.2, 0) is 0 Å². The number of piperidine rings is 1. The predicted molar refractivity (Wildman–Crippen MR) is 78.7 cm³/mol. The first kappa shape index (κ1) is 12.3. The second-order valence-corrected chi connectivity index (χ2v) is 6.45. The molecule has 20 heavy (non-hydrogen) atoms. The summed E-state index contributed by atoms with van der Waals surface area (Å²) in [6.07, 6.45) is 4.95. The first-order chi connectivity index (χ1) is 9.69. The smallest absolute Gasteiger partial charge is 0.251 e. The maximum absolute atomic E-state index is 12.3. The molecule has 4 heterocycles. The highest BCUT2D eigenvalue weighted by Gasteiger charge is 2.38. The Bertz CT molecular complexity index is 683. The molecule has 2 bridgehead atoms. The molecular weight excluding hydrogens is 320 g/mol. The maximum atomic E-state index is 12.3. The van der Waals surface area contributed by atoms with Crippen LogP contribution >= 0.6 is 15.9 Å². The number of carbonyl (C=O) groups excluding carboxylic acids is 1. The van der Waals surface area contributed by atoms with E-state index in [9.17, 15) is 4.79 Å². The minimum Gasteiger partial charge on any atom is -0.348 e. The fourth-order valence-electron chi connectivity index (χ4n) is 3.29. The van der Waals surface area contributed by atoms with Gasteiger partial charge in [-0.05, 0) is 46.9 Å². The van der Waals surface area contributed by atoms with E-state index in [4.69, 9.17) is 0 Å². The van der Waals surface area contributed by atoms with Gasteiger partial charge in [0.2, 0.25) is 0 Å². The molecule has 2 fully saturated rings. The third-order valence-corrected chi connectivity index (χ3v) is 4.72. The number of pyridine rings is 1. The van der Waals surface area contributed by atoms with Crippen LogP contribution in [0, 0.1) is 5.92 Å². The van der Waals surface area contributed by atoms with Crippen molar-refractivity contribution in [1.82, 2.24) is 19.6 Å². The molecule has 2 aromatic rings. The molecule has 0 saturated carbocycles. The Morgan fingerprint density at radius 2 is 2.35 bits per heavy atom. The van der Waals surface area contributed by atoms with Crippen LogP contribution in [0.4, 0.5) is 0 Å². The van der Waals surface area contributed by atoms with Gasteiger partial charge in [-0.2, -0.15) is 0 Å². The lowest BCUT2D eigenvalue weighted by atomic mass is 10.00. The number of imidazole rings is 1. The van der Waals surface area contributed by atoms with E-state index >= 15 is 0 Å². The van der Waals surface area contributed by atoms with Gasteiger partial charge in [-0.1, -0.05) is 0 Å². The number of halogens is 1. The van der Waals surface area contributed by atoms with Crippen molar-refractivity contribution in [3.63, 3.8) is 0 Å². The van der Waals surface area contributed by atoms with Crippen molar-refractivity contribution in [2.75, 3.05) is 19.6 Å². The van der Waals surface area contributed by atoms with E-state index in [1.165, 1.54) is 13.0 Å². The van der Waals surface area contributed by atoms with E-state index in [-0.39, 0.29) is 5.91 Å². The van der Waals surface area contributed by atoms with Crippen LogP contribution < -0.4 is 5.32 Å². The molecule has 3 atom stereocenters. The van der Waals surface area contributed by atoms with E-state index in [0.29, 0.717) is 17.5 Å². The lowest BCUT2D eigenvalue weighted by Crippen LogP contribution is -2.43. The highest BCUT2D eigenvalue weighted by atomic mass is 79.9. The molecule has 1 N–H and O–H groups in total.